The fourth-order valence-electron chi connectivity index (χ4n) is 1.21. The zero-order valence-electron chi connectivity index (χ0n) is 9.16. The van der Waals surface area contributed by atoms with Crippen LogP contribution in [0.4, 0.5) is 0 Å². The van der Waals surface area contributed by atoms with Crippen LogP contribution >= 0.6 is 11.8 Å². The van der Waals surface area contributed by atoms with Crippen LogP contribution in [0, 0.1) is 6.92 Å². The Morgan fingerprint density at radius 1 is 1.31 bits per heavy atom. The van der Waals surface area contributed by atoms with E-state index in [9.17, 15) is 0 Å². The molecule has 0 saturated heterocycles. The summed E-state index contributed by atoms with van der Waals surface area (Å²) in [5.41, 5.74) is 2.30. The van der Waals surface area contributed by atoms with Crippen molar-refractivity contribution in [1.29, 1.82) is 0 Å². The Hall–Kier alpha value is -1.62. The molecular weight excluding hydrogens is 220 g/mol. The third-order valence-corrected chi connectivity index (χ3v) is 2.73. The molecular formula is C11H12N4S. The highest BCUT2D eigenvalue weighted by molar-refractivity contribution is 7.98. The normalized spacial score (nSPS) is 11.1. The van der Waals surface area contributed by atoms with Crippen LogP contribution in [-0.2, 0) is 0 Å². The maximum atomic E-state index is 4.28. The summed E-state index contributed by atoms with van der Waals surface area (Å²) < 4.78 is 1.66. The maximum Gasteiger partial charge on any atom is 0.211 e. The van der Waals surface area contributed by atoms with Gasteiger partial charge in [0.2, 0.25) is 5.16 Å². The Bertz CT molecular complexity index is 487. The summed E-state index contributed by atoms with van der Waals surface area (Å²) in [7, 11) is 0. The molecule has 0 fully saturated rings. The molecule has 2 aromatic rings. The summed E-state index contributed by atoms with van der Waals surface area (Å²) in [5, 5.41) is 12.8. The van der Waals surface area contributed by atoms with Crippen molar-refractivity contribution in [1.82, 2.24) is 14.9 Å². The van der Waals surface area contributed by atoms with Crippen molar-refractivity contribution in [2.45, 2.75) is 12.1 Å². The smallest absolute Gasteiger partial charge is 0.195 e. The highest BCUT2D eigenvalue weighted by Crippen LogP contribution is 2.09. The SMILES string of the molecule is CSc1nncn1N=Cc1ccc(C)cc1. The van der Waals surface area contributed by atoms with E-state index in [0.29, 0.717) is 0 Å². The number of benzene rings is 1. The number of rotatable bonds is 3. The molecule has 2 rings (SSSR count). The summed E-state index contributed by atoms with van der Waals surface area (Å²) in [6, 6.07) is 8.18. The van der Waals surface area contributed by atoms with Crippen molar-refractivity contribution in [2.75, 3.05) is 6.26 Å². The fraction of sp³-hybridized carbons (Fsp3) is 0.182. The van der Waals surface area contributed by atoms with Crippen LogP contribution < -0.4 is 0 Å². The molecule has 0 amide bonds. The first kappa shape index (κ1) is 10.9. The van der Waals surface area contributed by atoms with E-state index in [1.165, 1.54) is 17.3 Å². The molecule has 0 aliphatic rings. The molecule has 0 saturated carbocycles. The van der Waals surface area contributed by atoms with Crippen molar-refractivity contribution < 1.29 is 0 Å². The van der Waals surface area contributed by atoms with Gasteiger partial charge in [-0.3, -0.25) is 0 Å². The van der Waals surface area contributed by atoms with Crippen LogP contribution in [0.2, 0.25) is 0 Å². The molecule has 0 spiro atoms. The summed E-state index contributed by atoms with van der Waals surface area (Å²) in [6.07, 6.45) is 5.33. The molecule has 0 aliphatic carbocycles. The van der Waals surface area contributed by atoms with Crippen LogP contribution in [0.3, 0.4) is 0 Å². The summed E-state index contributed by atoms with van der Waals surface area (Å²) in [5.74, 6) is 0. The van der Waals surface area contributed by atoms with E-state index in [1.54, 1.807) is 17.2 Å². The Morgan fingerprint density at radius 3 is 2.75 bits per heavy atom. The molecule has 0 radical (unpaired) electrons. The second-order valence-electron chi connectivity index (χ2n) is 3.32. The molecule has 0 N–H and O–H groups in total. The van der Waals surface area contributed by atoms with Crippen molar-refractivity contribution in [3.8, 4) is 0 Å². The van der Waals surface area contributed by atoms with E-state index < -0.39 is 0 Å². The second-order valence-corrected chi connectivity index (χ2v) is 4.09. The van der Waals surface area contributed by atoms with Gasteiger partial charge in [0, 0.05) is 0 Å². The van der Waals surface area contributed by atoms with Gasteiger partial charge in [-0.1, -0.05) is 41.6 Å². The van der Waals surface area contributed by atoms with Gasteiger partial charge in [-0.2, -0.15) is 9.78 Å². The molecule has 16 heavy (non-hydrogen) atoms. The van der Waals surface area contributed by atoms with E-state index in [0.717, 1.165) is 10.7 Å². The lowest BCUT2D eigenvalue weighted by Crippen LogP contribution is -1.91. The van der Waals surface area contributed by atoms with Gasteiger partial charge in [0.05, 0.1) is 6.21 Å². The van der Waals surface area contributed by atoms with Gasteiger partial charge in [0.1, 0.15) is 6.33 Å². The van der Waals surface area contributed by atoms with Gasteiger partial charge in [0.25, 0.3) is 0 Å². The number of aryl methyl sites for hydroxylation is 1. The molecule has 4 nitrogen and oxygen atoms in total. The van der Waals surface area contributed by atoms with E-state index in [-0.39, 0.29) is 0 Å². The van der Waals surface area contributed by atoms with Crippen molar-refractivity contribution >= 4 is 18.0 Å². The van der Waals surface area contributed by atoms with Gasteiger partial charge >= 0.3 is 0 Å². The molecule has 5 heteroatoms. The van der Waals surface area contributed by atoms with Gasteiger partial charge < -0.3 is 0 Å². The number of thioether (sulfide) groups is 1. The minimum atomic E-state index is 0.781. The summed E-state index contributed by atoms with van der Waals surface area (Å²) in [6.45, 7) is 2.06. The molecule has 0 atom stereocenters. The first-order valence-corrected chi connectivity index (χ1v) is 6.07. The molecule has 1 aromatic carbocycles. The van der Waals surface area contributed by atoms with Crippen LogP contribution in [0.15, 0.2) is 40.9 Å². The molecule has 82 valence electrons. The van der Waals surface area contributed by atoms with Crippen molar-refractivity contribution in [3.05, 3.63) is 41.7 Å². The van der Waals surface area contributed by atoms with Gasteiger partial charge in [-0.25, -0.2) is 0 Å². The van der Waals surface area contributed by atoms with Gasteiger partial charge in [-0.15, -0.1) is 10.2 Å². The minimum Gasteiger partial charge on any atom is -0.195 e. The lowest BCUT2D eigenvalue weighted by molar-refractivity contribution is 0.768. The van der Waals surface area contributed by atoms with E-state index in [1.807, 2.05) is 18.4 Å². The fourth-order valence-corrected chi connectivity index (χ4v) is 1.62. The van der Waals surface area contributed by atoms with Crippen LogP contribution in [0.5, 0.6) is 0 Å². The topological polar surface area (TPSA) is 43.1 Å². The van der Waals surface area contributed by atoms with Crippen molar-refractivity contribution in [3.63, 3.8) is 0 Å². The van der Waals surface area contributed by atoms with Crippen molar-refractivity contribution in [2.24, 2.45) is 5.10 Å². The average Bonchev–Trinajstić information content (AvgIpc) is 2.76. The van der Waals surface area contributed by atoms with E-state index >= 15 is 0 Å². The van der Waals surface area contributed by atoms with Crippen LogP contribution in [0.25, 0.3) is 0 Å². The summed E-state index contributed by atoms with van der Waals surface area (Å²) in [4.78, 5) is 0. The lowest BCUT2D eigenvalue weighted by atomic mass is 10.2. The number of hydrogen-bond donors (Lipinski definition) is 0. The molecule has 1 heterocycles. The Morgan fingerprint density at radius 2 is 2.06 bits per heavy atom. The number of hydrogen-bond acceptors (Lipinski definition) is 4. The first-order valence-electron chi connectivity index (χ1n) is 4.84. The standard InChI is InChI=1S/C11H12N4S/c1-9-3-5-10(6-4-9)7-13-15-8-12-14-11(15)16-2/h3-8H,1-2H3. The predicted molar refractivity (Wildman–Crippen MR) is 66.0 cm³/mol. The Labute approximate surface area is 98.4 Å². The van der Waals surface area contributed by atoms with Crippen LogP contribution in [-0.4, -0.2) is 27.3 Å². The highest BCUT2D eigenvalue weighted by Gasteiger charge is 1.98. The molecule has 0 unspecified atom stereocenters. The molecule has 0 bridgehead atoms. The maximum absolute atomic E-state index is 4.28. The zero-order chi connectivity index (χ0) is 11.4. The number of nitrogens with zero attached hydrogens (tertiary/aromatic N) is 4. The van der Waals surface area contributed by atoms with E-state index in [2.05, 4.69) is 34.4 Å². The van der Waals surface area contributed by atoms with Gasteiger partial charge in [-0.05, 0) is 18.7 Å². The lowest BCUT2D eigenvalue weighted by Gasteiger charge is -1.96. The Balaban J connectivity index is 2.18. The zero-order valence-corrected chi connectivity index (χ0v) is 9.98. The predicted octanol–water partition coefficient (Wildman–Crippen LogP) is 2.19. The average molecular weight is 232 g/mol. The Kier molecular flexibility index (Phi) is 3.36. The number of aromatic nitrogens is 3. The third-order valence-electron chi connectivity index (χ3n) is 2.09. The molecule has 1 aromatic heterocycles. The molecule has 0 aliphatic heterocycles. The largest absolute Gasteiger partial charge is 0.211 e. The monoisotopic (exact) mass is 232 g/mol. The van der Waals surface area contributed by atoms with E-state index in [4.69, 9.17) is 0 Å². The quantitative estimate of drug-likeness (QED) is 0.602. The third kappa shape index (κ3) is 2.49. The minimum absolute atomic E-state index is 0.781. The van der Waals surface area contributed by atoms with Crippen LogP contribution in [0.1, 0.15) is 11.1 Å². The van der Waals surface area contributed by atoms with Gasteiger partial charge in [0.15, 0.2) is 0 Å². The highest BCUT2D eigenvalue weighted by atomic mass is 32.2. The first-order chi connectivity index (χ1) is 7.79. The summed E-state index contributed by atoms with van der Waals surface area (Å²) >= 11 is 1.52. The second kappa shape index (κ2) is 4.94.